The lowest BCUT2D eigenvalue weighted by molar-refractivity contribution is -0.192. The average molecular weight is 643 g/mol. The number of nitrogens with one attached hydrogen (secondary N) is 2. The predicted octanol–water partition coefficient (Wildman–Crippen LogP) is 6.98. The van der Waals surface area contributed by atoms with Crippen LogP contribution in [0.25, 0.3) is 21.5 Å². The second-order valence-corrected chi connectivity index (χ2v) is 10.7. The third-order valence-electron chi connectivity index (χ3n) is 5.74. The highest BCUT2D eigenvalue weighted by molar-refractivity contribution is 7.22. The molecule has 234 valence electrons. The molecule has 44 heavy (non-hydrogen) atoms. The molecule has 0 aliphatic carbocycles. The SMILES string of the molecule is CC(C)C[C@H](NC(=O)c1ccc(-c2ccc(Nc3nc4ncc(C(F)(F)F)cc4s3)cc2)cc1)C(=O)O.O=C(O)C(F)(F)F. The van der Waals surface area contributed by atoms with Gasteiger partial charge in [0.15, 0.2) is 10.8 Å². The van der Waals surface area contributed by atoms with Gasteiger partial charge in [0.1, 0.15) is 6.04 Å². The Morgan fingerprint density at radius 3 is 1.93 bits per heavy atom. The molecule has 0 saturated carbocycles. The summed E-state index contributed by atoms with van der Waals surface area (Å²) < 4.78 is 70.8. The van der Waals surface area contributed by atoms with Gasteiger partial charge in [0, 0.05) is 17.4 Å². The second-order valence-electron chi connectivity index (χ2n) is 9.64. The van der Waals surface area contributed by atoms with Crippen LogP contribution in [-0.2, 0) is 15.8 Å². The number of anilines is 2. The monoisotopic (exact) mass is 642 g/mol. The Hall–Kier alpha value is -4.73. The molecular formula is C28H24F6N4O5S. The summed E-state index contributed by atoms with van der Waals surface area (Å²) in [7, 11) is 0. The maximum absolute atomic E-state index is 12.9. The Kier molecular flexibility index (Phi) is 10.5. The summed E-state index contributed by atoms with van der Waals surface area (Å²) in [5.41, 5.74) is 2.20. The van der Waals surface area contributed by atoms with Crippen LogP contribution in [-0.4, -0.2) is 50.2 Å². The molecule has 2 aromatic heterocycles. The number of aliphatic carboxylic acids is 2. The fourth-order valence-electron chi connectivity index (χ4n) is 3.65. The zero-order chi connectivity index (χ0) is 32.8. The number of hydrogen-bond donors (Lipinski definition) is 4. The smallest absolute Gasteiger partial charge is 0.480 e. The molecule has 0 spiro atoms. The van der Waals surface area contributed by atoms with Crippen molar-refractivity contribution in [3.8, 4) is 11.1 Å². The van der Waals surface area contributed by atoms with Crippen molar-refractivity contribution < 1.29 is 50.9 Å². The Labute approximate surface area is 249 Å². The zero-order valence-corrected chi connectivity index (χ0v) is 23.6. The van der Waals surface area contributed by atoms with Crippen LogP contribution in [0.2, 0.25) is 0 Å². The van der Waals surface area contributed by atoms with E-state index in [2.05, 4.69) is 20.6 Å². The minimum absolute atomic E-state index is 0.120. The van der Waals surface area contributed by atoms with Crippen LogP contribution >= 0.6 is 11.3 Å². The molecule has 4 rings (SSSR count). The first-order chi connectivity index (χ1) is 20.4. The number of hydrogen-bond acceptors (Lipinski definition) is 7. The molecule has 0 radical (unpaired) electrons. The van der Waals surface area contributed by atoms with E-state index in [1.165, 1.54) is 0 Å². The molecule has 2 heterocycles. The van der Waals surface area contributed by atoms with Crippen LogP contribution in [0.5, 0.6) is 0 Å². The Balaban J connectivity index is 0.000000676. The number of carbonyl (C=O) groups excluding carboxylic acids is 1. The van der Waals surface area contributed by atoms with E-state index in [4.69, 9.17) is 9.90 Å². The van der Waals surface area contributed by atoms with Gasteiger partial charge in [0.05, 0.1) is 10.3 Å². The van der Waals surface area contributed by atoms with E-state index in [1.807, 2.05) is 26.0 Å². The molecule has 4 N–H and O–H groups in total. The lowest BCUT2D eigenvalue weighted by atomic mass is 10.0. The topological polar surface area (TPSA) is 142 Å². The highest BCUT2D eigenvalue weighted by Crippen LogP contribution is 2.34. The summed E-state index contributed by atoms with van der Waals surface area (Å²) in [6.07, 6.45) is -8.45. The molecule has 0 aliphatic rings. The van der Waals surface area contributed by atoms with Crippen molar-refractivity contribution in [1.82, 2.24) is 15.3 Å². The third kappa shape index (κ3) is 9.39. The zero-order valence-electron chi connectivity index (χ0n) is 22.8. The lowest BCUT2D eigenvalue weighted by Crippen LogP contribution is -2.41. The van der Waals surface area contributed by atoms with Crippen LogP contribution in [0, 0.1) is 5.92 Å². The standard InChI is InChI=1S/C26H23F3N4O3S.C2HF3O2/c1-14(2)11-20(24(35)36)32-23(34)17-5-3-15(4-6-17)16-7-9-19(10-8-16)31-25-33-22-21(37-25)12-18(13-30-22)26(27,28)29;3-2(4,5)1(6)7/h3-10,12-14,20H,11H2,1-2H3,(H,32,34)(H,35,36)(H,30,31,33);(H,6,7)/t20-;/m0./s1. The maximum atomic E-state index is 12.9. The van der Waals surface area contributed by atoms with Gasteiger partial charge in [-0.25, -0.2) is 14.6 Å². The number of nitrogens with zero attached hydrogens (tertiary/aromatic N) is 2. The molecule has 4 aromatic rings. The van der Waals surface area contributed by atoms with Crippen LogP contribution in [0.3, 0.4) is 0 Å². The quantitative estimate of drug-likeness (QED) is 0.151. The minimum atomic E-state index is -5.08. The molecule has 16 heteroatoms. The van der Waals surface area contributed by atoms with Gasteiger partial charge in [0.2, 0.25) is 0 Å². The highest BCUT2D eigenvalue weighted by Gasteiger charge is 2.38. The lowest BCUT2D eigenvalue weighted by Gasteiger charge is -2.16. The number of alkyl halides is 6. The number of thiazole rings is 1. The summed E-state index contributed by atoms with van der Waals surface area (Å²) in [6.45, 7) is 3.78. The molecule has 1 atom stereocenters. The van der Waals surface area contributed by atoms with E-state index >= 15 is 0 Å². The Morgan fingerprint density at radius 2 is 1.45 bits per heavy atom. The van der Waals surface area contributed by atoms with Gasteiger partial charge in [0.25, 0.3) is 5.91 Å². The van der Waals surface area contributed by atoms with Crippen molar-refractivity contribution >= 4 is 50.3 Å². The van der Waals surface area contributed by atoms with Crippen LogP contribution in [0.15, 0.2) is 60.8 Å². The first kappa shape index (κ1) is 33.8. The number of carboxylic acid groups (broad SMARTS) is 2. The number of halogens is 6. The molecule has 1 amide bonds. The van der Waals surface area contributed by atoms with E-state index in [1.54, 1.807) is 36.4 Å². The van der Waals surface area contributed by atoms with Crippen molar-refractivity contribution in [3.63, 3.8) is 0 Å². The molecule has 0 aliphatic heterocycles. The maximum Gasteiger partial charge on any atom is 0.490 e. The first-order valence-electron chi connectivity index (χ1n) is 12.6. The van der Waals surface area contributed by atoms with Gasteiger partial charge < -0.3 is 20.8 Å². The Morgan fingerprint density at radius 1 is 0.909 bits per heavy atom. The number of carbonyl (C=O) groups is 3. The molecule has 0 bridgehead atoms. The van der Waals surface area contributed by atoms with E-state index in [0.717, 1.165) is 34.7 Å². The largest absolute Gasteiger partial charge is 0.490 e. The number of amides is 1. The first-order valence-corrected chi connectivity index (χ1v) is 13.4. The fraction of sp³-hybridized carbons (Fsp3) is 0.250. The van der Waals surface area contributed by atoms with Crippen molar-refractivity contribution in [1.29, 1.82) is 0 Å². The fourth-order valence-corrected chi connectivity index (χ4v) is 4.53. The van der Waals surface area contributed by atoms with E-state index in [9.17, 15) is 41.0 Å². The summed E-state index contributed by atoms with van der Waals surface area (Å²) in [5, 5.41) is 22.5. The normalized spacial score (nSPS) is 12.3. The molecule has 0 unspecified atom stereocenters. The van der Waals surface area contributed by atoms with Gasteiger partial charge in [-0.1, -0.05) is 49.4 Å². The predicted molar refractivity (Wildman–Crippen MR) is 150 cm³/mol. The molecule has 9 nitrogen and oxygen atoms in total. The summed E-state index contributed by atoms with van der Waals surface area (Å²) in [6, 6.07) is 14.2. The number of aromatic nitrogens is 2. The molecule has 2 aromatic carbocycles. The summed E-state index contributed by atoms with van der Waals surface area (Å²) in [5.74, 6) is -4.16. The molecule has 0 saturated heterocycles. The molecule has 0 fully saturated rings. The summed E-state index contributed by atoms with van der Waals surface area (Å²) in [4.78, 5) is 40.8. The number of fused-ring (bicyclic) bond motifs is 1. The minimum Gasteiger partial charge on any atom is -0.480 e. The number of benzene rings is 2. The van der Waals surface area contributed by atoms with Crippen molar-refractivity contribution in [2.75, 3.05) is 5.32 Å². The van der Waals surface area contributed by atoms with Crippen molar-refractivity contribution in [2.24, 2.45) is 5.92 Å². The van der Waals surface area contributed by atoms with E-state index < -0.39 is 41.8 Å². The highest BCUT2D eigenvalue weighted by atomic mass is 32.1. The van der Waals surface area contributed by atoms with Crippen molar-refractivity contribution in [2.45, 2.75) is 38.7 Å². The van der Waals surface area contributed by atoms with Gasteiger partial charge in [-0.3, -0.25) is 4.79 Å². The van der Waals surface area contributed by atoms with Gasteiger partial charge in [-0.05, 0) is 53.8 Å². The summed E-state index contributed by atoms with van der Waals surface area (Å²) >= 11 is 1.08. The second kappa shape index (κ2) is 13.7. The van der Waals surface area contributed by atoms with Crippen molar-refractivity contribution in [3.05, 3.63) is 71.9 Å². The Bertz CT molecular complexity index is 1620. The third-order valence-corrected chi connectivity index (χ3v) is 6.65. The van der Waals surface area contributed by atoms with Gasteiger partial charge in [-0.15, -0.1) is 0 Å². The number of rotatable bonds is 8. The molecular weight excluding hydrogens is 618 g/mol. The van der Waals surface area contributed by atoms with Gasteiger partial charge >= 0.3 is 24.3 Å². The number of pyridine rings is 1. The number of carboxylic acids is 2. The average Bonchev–Trinajstić information content (AvgIpc) is 3.34. The van der Waals surface area contributed by atoms with E-state index in [-0.39, 0.29) is 11.6 Å². The van der Waals surface area contributed by atoms with E-state index in [0.29, 0.717) is 27.5 Å². The van der Waals surface area contributed by atoms with Crippen LogP contribution in [0.4, 0.5) is 37.2 Å². The van der Waals surface area contributed by atoms with Crippen LogP contribution < -0.4 is 10.6 Å². The van der Waals surface area contributed by atoms with Crippen LogP contribution in [0.1, 0.15) is 36.2 Å². The van der Waals surface area contributed by atoms with Gasteiger partial charge in [-0.2, -0.15) is 31.3 Å².